The molecule has 3 amide bonds. The highest BCUT2D eigenvalue weighted by molar-refractivity contribution is 6.21. The van der Waals surface area contributed by atoms with Gasteiger partial charge in [-0.1, -0.05) is 18.6 Å². The summed E-state index contributed by atoms with van der Waals surface area (Å²) >= 11 is 0. The van der Waals surface area contributed by atoms with Gasteiger partial charge in [0.2, 0.25) is 5.91 Å². The summed E-state index contributed by atoms with van der Waals surface area (Å²) in [6.45, 7) is 1.65. The Morgan fingerprint density at radius 3 is 2.33 bits per heavy atom. The fraction of sp³-hybridized carbons (Fsp3) is 0.455. The molecule has 0 spiro atoms. The van der Waals surface area contributed by atoms with Crippen LogP contribution in [0.2, 0.25) is 0 Å². The van der Waals surface area contributed by atoms with Gasteiger partial charge in [0.1, 0.15) is 5.70 Å². The van der Waals surface area contributed by atoms with E-state index in [1.807, 2.05) is 0 Å². The number of fused-ring (bicyclic) bond motifs is 4. The number of β-lactam (4-membered cyclic amide) rings is 1. The second-order valence-corrected chi connectivity index (χ2v) is 8.58. The van der Waals surface area contributed by atoms with Crippen molar-refractivity contribution in [3.05, 3.63) is 46.7 Å². The van der Waals surface area contributed by atoms with Crippen LogP contribution < -0.4 is 0 Å². The van der Waals surface area contributed by atoms with Crippen LogP contribution in [0, 0.1) is 17.8 Å². The van der Waals surface area contributed by atoms with Gasteiger partial charge in [0.25, 0.3) is 11.8 Å². The lowest BCUT2D eigenvalue weighted by molar-refractivity contribution is -0.163. The monoisotopic (exact) mass is 410 g/mol. The summed E-state index contributed by atoms with van der Waals surface area (Å²) < 4.78 is 0. The predicted molar refractivity (Wildman–Crippen MR) is 103 cm³/mol. The molecule has 8 heteroatoms. The number of aliphatic hydroxyl groups is 1. The molecule has 156 valence electrons. The van der Waals surface area contributed by atoms with Gasteiger partial charge < -0.3 is 15.1 Å². The van der Waals surface area contributed by atoms with Crippen LogP contribution in [0.4, 0.5) is 0 Å². The molecule has 1 saturated heterocycles. The van der Waals surface area contributed by atoms with Crippen molar-refractivity contribution in [2.45, 2.75) is 38.3 Å². The van der Waals surface area contributed by atoms with Crippen LogP contribution in [0.15, 0.2) is 35.5 Å². The number of carbonyl (C=O) groups excluding carboxylic acids is 3. The second-order valence-electron chi connectivity index (χ2n) is 8.58. The van der Waals surface area contributed by atoms with E-state index in [9.17, 15) is 29.4 Å². The molecule has 0 unspecified atom stereocenters. The van der Waals surface area contributed by atoms with Crippen molar-refractivity contribution in [3.8, 4) is 0 Å². The van der Waals surface area contributed by atoms with Crippen LogP contribution in [0.5, 0.6) is 0 Å². The number of aliphatic hydroxyl groups excluding tert-OH is 1. The van der Waals surface area contributed by atoms with Crippen molar-refractivity contribution in [1.29, 1.82) is 0 Å². The summed E-state index contributed by atoms with van der Waals surface area (Å²) in [4.78, 5) is 52.8. The molecule has 4 aliphatic rings. The highest BCUT2D eigenvalue weighted by Crippen LogP contribution is 2.54. The second kappa shape index (κ2) is 6.50. The Labute approximate surface area is 172 Å². The van der Waals surface area contributed by atoms with Gasteiger partial charge in [-0.15, -0.1) is 0 Å². The molecule has 1 aromatic rings. The molecule has 0 bridgehead atoms. The molecule has 0 aromatic heterocycles. The predicted octanol–water partition coefficient (Wildman–Crippen LogP) is 1.26. The number of aliphatic carboxylic acids is 1. The number of carbonyl (C=O) groups is 4. The van der Waals surface area contributed by atoms with E-state index in [-0.39, 0.29) is 47.8 Å². The standard InChI is InChI=1S/C22H22N2O6/c1-10(25)15-17-14-8-4-5-11(16(14)18(22(29)30)24(17)21(15)28)9-23-19(26)12-6-2-3-7-13(12)20(23)27/h2-3,6-7,10-11,14-15,17,25H,4-5,8-9H2,1H3,(H,29,30)/t10-,11-,14+,15-,17-/m1/s1. The average molecular weight is 410 g/mol. The van der Waals surface area contributed by atoms with Crippen LogP contribution >= 0.6 is 0 Å². The van der Waals surface area contributed by atoms with Gasteiger partial charge in [-0.2, -0.15) is 0 Å². The number of amides is 3. The zero-order valence-electron chi connectivity index (χ0n) is 16.4. The lowest BCUT2D eigenvalue weighted by Crippen LogP contribution is -2.64. The van der Waals surface area contributed by atoms with Crippen LogP contribution in [-0.4, -0.2) is 62.4 Å². The maximum absolute atomic E-state index is 12.8. The molecule has 3 heterocycles. The Kier molecular flexibility index (Phi) is 4.12. The molecule has 2 N–H and O–H groups in total. The highest BCUT2D eigenvalue weighted by atomic mass is 16.4. The summed E-state index contributed by atoms with van der Waals surface area (Å²) in [6, 6.07) is 6.30. The number of rotatable bonds is 4. The Hall–Kier alpha value is -3.00. The Morgan fingerprint density at radius 2 is 1.77 bits per heavy atom. The molecule has 1 aromatic carbocycles. The molecule has 30 heavy (non-hydrogen) atoms. The summed E-state index contributed by atoms with van der Waals surface area (Å²) in [5.74, 6) is -3.37. The first-order valence-corrected chi connectivity index (χ1v) is 10.3. The number of nitrogens with zero attached hydrogens (tertiary/aromatic N) is 2. The first kappa shape index (κ1) is 19.0. The average Bonchev–Trinajstić information content (AvgIpc) is 3.14. The zero-order chi connectivity index (χ0) is 21.3. The van der Waals surface area contributed by atoms with Gasteiger partial charge in [-0.3, -0.25) is 19.3 Å². The Balaban J connectivity index is 1.50. The third kappa shape index (κ3) is 2.37. The molecule has 1 aliphatic carbocycles. The zero-order valence-corrected chi connectivity index (χ0v) is 16.4. The van der Waals surface area contributed by atoms with E-state index in [1.165, 1.54) is 9.80 Å². The van der Waals surface area contributed by atoms with Gasteiger partial charge in [0.15, 0.2) is 0 Å². The summed E-state index contributed by atoms with van der Waals surface area (Å²) in [6.07, 6.45) is 1.32. The number of imide groups is 1. The van der Waals surface area contributed by atoms with Gasteiger partial charge >= 0.3 is 5.97 Å². The minimum Gasteiger partial charge on any atom is -0.477 e. The smallest absolute Gasteiger partial charge is 0.352 e. The van der Waals surface area contributed by atoms with E-state index in [1.54, 1.807) is 31.2 Å². The molecule has 8 nitrogen and oxygen atoms in total. The maximum Gasteiger partial charge on any atom is 0.352 e. The van der Waals surface area contributed by atoms with E-state index in [0.29, 0.717) is 23.1 Å². The maximum atomic E-state index is 12.8. The van der Waals surface area contributed by atoms with Crippen molar-refractivity contribution in [2.75, 3.05) is 6.54 Å². The largest absolute Gasteiger partial charge is 0.477 e. The molecule has 2 fully saturated rings. The number of carboxylic acid groups (broad SMARTS) is 1. The van der Waals surface area contributed by atoms with E-state index in [0.717, 1.165) is 12.8 Å². The molecule has 3 aliphatic heterocycles. The minimum atomic E-state index is -1.18. The molecule has 0 radical (unpaired) electrons. The number of hydrogen-bond donors (Lipinski definition) is 2. The molecule has 5 atom stereocenters. The van der Waals surface area contributed by atoms with E-state index in [4.69, 9.17) is 0 Å². The molecular formula is C22H22N2O6. The fourth-order valence-electron chi connectivity index (χ4n) is 5.82. The Morgan fingerprint density at radius 1 is 1.13 bits per heavy atom. The van der Waals surface area contributed by atoms with Gasteiger partial charge in [-0.05, 0) is 37.5 Å². The lowest BCUT2D eigenvalue weighted by atomic mass is 9.69. The summed E-state index contributed by atoms with van der Waals surface area (Å²) in [5.41, 5.74) is 1.35. The normalized spacial score (nSPS) is 30.8. The van der Waals surface area contributed by atoms with Crippen LogP contribution in [0.25, 0.3) is 0 Å². The van der Waals surface area contributed by atoms with E-state index < -0.39 is 18.0 Å². The van der Waals surface area contributed by atoms with E-state index >= 15 is 0 Å². The van der Waals surface area contributed by atoms with Gasteiger partial charge in [-0.25, -0.2) is 4.79 Å². The van der Waals surface area contributed by atoms with Crippen molar-refractivity contribution in [2.24, 2.45) is 17.8 Å². The minimum absolute atomic E-state index is 0.0202. The SMILES string of the molecule is C[C@@H](O)[C@H]1C(=O)N2C(C(=O)O)=C3[C@@H](CN4C(=O)c5ccccc5C4=O)CCC[C@@H]3[C@H]12. The van der Waals surface area contributed by atoms with Crippen molar-refractivity contribution in [1.82, 2.24) is 9.80 Å². The van der Waals surface area contributed by atoms with Crippen molar-refractivity contribution >= 4 is 23.7 Å². The third-order valence-electron chi connectivity index (χ3n) is 7.03. The molecule has 5 rings (SSSR count). The lowest BCUT2D eigenvalue weighted by Gasteiger charge is -2.47. The van der Waals surface area contributed by atoms with Crippen molar-refractivity contribution < 1.29 is 29.4 Å². The van der Waals surface area contributed by atoms with Crippen molar-refractivity contribution in [3.63, 3.8) is 0 Å². The van der Waals surface area contributed by atoms with Gasteiger partial charge in [0.05, 0.1) is 29.2 Å². The fourth-order valence-corrected chi connectivity index (χ4v) is 5.82. The third-order valence-corrected chi connectivity index (χ3v) is 7.03. The highest BCUT2D eigenvalue weighted by Gasteiger charge is 2.62. The first-order valence-electron chi connectivity index (χ1n) is 10.3. The number of benzene rings is 1. The molecular weight excluding hydrogens is 388 g/mol. The van der Waals surface area contributed by atoms with Crippen LogP contribution in [0.3, 0.4) is 0 Å². The van der Waals surface area contributed by atoms with Crippen LogP contribution in [0.1, 0.15) is 46.9 Å². The quantitative estimate of drug-likeness (QED) is 0.570. The Bertz CT molecular complexity index is 993. The molecule has 1 saturated carbocycles. The number of hydrogen-bond acceptors (Lipinski definition) is 5. The van der Waals surface area contributed by atoms with E-state index in [2.05, 4.69) is 0 Å². The van der Waals surface area contributed by atoms with Crippen LogP contribution in [-0.2, 0) is 9.59 Å². The summed E-state index contributed by atoms with van der Waals surface area (Å²) in [7, 11) is 0. The number of carboxylic acids is 1. The van der Waals surface area contributed by atoms with Gasteiger partial charge in [0, 0.05) is 18.4 Å². The topological polar surface area (TPSA) is 115 Å². The first-order chi connectivity index (χ1) is 14.3. The summed E-state index contributed by atoms with van der Waals surface area (Å²) in [5, 5.41) is 19.9.